The van der Waals surface area contributed by atoms with Crippen LogP contribution in [-0.2, 0) is 4.79 Å². The van der Waals surface area contributed by atoms with Crippen molar-refractivity contribution in [1.82, 2.24) is 9.88 Å². The van der Waals surface area contributed by atoms with E-state index in [-0.39, 0.29) is 23.7 Å². The van der Waals surface area contributed by atoms with Crippen LogP contribution in [-0.4, -0.2) is 45.2 Å². The van der Waals surface area contributed by atoms with Gasteiger partial charge < -0.3 is 15.7 Å². The van der Waals surface area contributed by atoms with Crippen molar-refractivity contribution in [3.63, 3.8) is 0 Å². The molecule has 3 N–H and O–H groups in total. The number of hydrogen-bond donors (Lipinski definition) is 2. The van der Waals surface area contributed by atoms with Gasteiger partial charge in [0.05, 0.1) is 12.1 Å². The van der Waals surface area contributed by atoms with Crippen molar-refractivity contribution in [2.24, 2.45) is 5.73 Å². The van der Waals surface area contributed by atoms with Crippen LogP contribution in [0.25, 0.3) is 0 Å². The van der Waals surface area contributed by atoms with Crippen LogP contribution in [0.4, 0.5) is 0 Å². The second-order valence-electron chi connectivity index (χ2n) is 6.68. The number of nitrogens with zero attached hydrogens (tertiary/aromatic N) is 2. The fraction of sp³-hybridized carbons (Fsp3) is 0.421. The zero-order valence-electron chi connectivity index (χ0n) is 15.3. The summed E-state index contributed by atoms with van der Waals surface area (Å²) in [5.74, 6) is -0.228. The average molecular weight is 406 g/mol. The molecule has 2 atom stereocenters. The van der Waals surface area contributed by atoms with Gasteiger partial charge in [0.2, 0.25) is 5.91 Å². The van der Waals surface area contributed by atoms with E-state index in [1.807, 2.05) is 11.0 Å². The van der Waals surface area contributed by atoms with Crippen LogP contribution < -0.4 is 5.73 Å². The Morgan fingerprint density at radius 1 is 1.44 bits per heavy atom. The first-order chi connectivity index (χ1) is 12.9. The molecule has 6 nitrogen and oxygen atoms in total. The predicted molar refractivity (Wildman–Crippen MR) is 107 cm³/mol. The summed E-state index contributed by atoms with van der Waals surface area (Å²) < 4.78 is 0.703. The third-order valence-corrected chi connectivity index (χ3v) is 6.93. The molecule has 0 spiro atoms. The largest absolute Gasteiger partial charge is 0.476 e. The number of carbonyl (C=O) groups is 2. The van der Waals surface area contributed by atoms with Gasteiger partial charge in [0.15, 0.2) is 10.0 Å². The van der Waals surface area contributed by atoms with Gasteiger partial charge in [0, 0.05) is 24.1 Å². The highest BCUT2D eigenvalue weighted by atomic mass is 32.2. The molecule has 1 aliphatic rings. The monoisotopic (exact) mass is 405 g/mol. The van der Waals surface area contributed by atoms with Gasteiger partial charge in [-0.3, -0.25) is 4.79 Å². The minimum Gasteiger partial charge on any atom is -0.476 e. The molecule has 0 bridgehead atoms. The summed E-state index contributed by atoms with van der Waals surface area (Å²) in [5, 5.41) is 10.5. The Morgan fingerprint density at radius 3 is 2.78 bits per heavy atom. The molecule has 0 saturated carbocycles. The van der Waals surface area contributed by atoms with Gasteiger partial charge in [-0.05, 0) is 37.0 Å². The average Bonchev–Trinajstić information content (AvgIpc) is 3.22. The van der Waals surface area contributed by atoms with Crippen LogP contribution in [0.3, 0.4) is 0 Å². The molecule has 1 aromatic carbocycles. The molecular weight excluding hydrogens is 382 g/mol. The van der Waals surface area contributed by atoms with E-state index >= 15 is 0 Å². The van der Waals surface area contributed by atoms with E-state index in [9.17, 15) is 9.59 Å². The summed E-state index contributed by atoms with van der Waals surface area (Å²) in [5.41, 5.74) is 10.1. The molecule has 1 fully saturated rings. The number of likely N-dealkylation sites (tertiary alicyclic amines) is 1. The molecule has 1 saturated heterocycles. The lowest BCUT2D eigenvalue weighted by atomic mass is 9.91. The van der Waals surface area contributed by atoms with Gasteiger partial charge >= 0.3 is 5.97 Å². The molecule has 1 aliphatic heterocycles. The lowest BCUT2D eigenvalue weighted by molar-refractivity contribution is -0.128. The highest BCUT2D eigenvalue weighted by Crippen LogP contribution is 2.32. The molecule has 27 heavy (non-hydrogen) atoms. The number of benzene rings is 1. The third kappa shape index (κ3) is 4.34. The van der Waals surface area contributed by atoms with E-state index in [0.29, 0.717) is 23.1 Å². The lowest BCUT2D eigenvalue weighted by Gasteiger charge is -2.31. The first-order valence-corrected chi connectivity index (χ1v) is 10.7. The first-order valence-electron chi connectivity index (χ1n) is 8.81. The molecule has 1 amide bonds. The van der Waals surface area contributed by atoms with E-state index in [4.69, 9.17) is 10.8 Å². The number of thioether (sulfide) groups is 1. The van der Waals surface area contributed by atoms with Gasteiger partial charge in [0.25, 0.3) is 0 Å². The smallest absolute Gasteiger partial charge is 0.355 e. The molecule has 1 unspecified atom stereocenters. The zero-order chi connectivity index (χ0) is 19.6. The van der Waals surface area contributed by atoms with E-state index in [1.165, 1.54) is 28.5 Å². The van der Waals surface area contributed by atoms with Crippen LogP contribution in [0.15, 0.2) is 27.9 Å². The standard InChI is InChI=1S/C19H23N3O3S2/c1-11-4-3-5-12(2)16(11)17(20)14-6-7-15(23)22(14)8-9-26-19-21-13(10-27-19)18(24)25/h3-5,10,14,17H,6-9,20H2,1-2H3,(H,24,25)/t14-,17?/m1/s1. The van der Waals surface area contributed by atoms with Crippen molar-refractivity contribution in [1.29, 1.82) is 0 Å². The summed E-state index contributed by atoms with van der Waals surface area (Å²) in [6.07, 6.45) is 1.28. The van der Waals surface area contributed by atoms with Crippen LogP contribution in [0.2, 0.25) is 0 Å². The van der Waals surface area contributed by atoms with E-state index in [0.717, 1.165) is 23.1 Å². The molecule has 2 heterocycles. The first kappa shape index (κ1) is 19.9. The number of aromatic carboxylic acids is 1. The van der Waals surface area contributed by atoms with E-state index in [1.54, 1.807) is 0 Å². The van der Waals surface area contributed by atoms with Crippen LogP contribution in [0.5, 0.6) is 0 Å². The van der Waals surface area contributed by atoms with E-state index in [2.05, 4.69) is 31.0 Å². The molecule has 144 valence electrons. The minimum atomic E-state index is -1.02. The summed E-state index contributed by atoms with van der Waals surface area (Å²) in [6, 6.07) is 5.92. The number of carboxylic acids is 1. The fourth-order valence-corrected chi connectivity index (χ4v) is 5.43. The van der Waals surface area contributed by atoms with E-state index < -0.39 is 5.97 Å². The number of carbonyl (C=O) groups excluding carboxylic acids is 1. The number of amides is 1. The Hall–Kier alpha value is -1.90. The Bertz CT molecular complexity index is 832. The maximum atomic E-state index is 12.4. The van der Waals surface area contributed by atoms with Crippen LogP contribution in [0, 0.1) is 13.8 Å². The molecule has 3 rings (SSSR count). The molecule has 0 aliphatic carbocycles. The number of rotatable bonds is 7. The second kappa shape index (κ2) is 8.41. The highest BCUT2D eigenvalue weighted by Gasteiger charge is 2.36. The van der Waals surface area contributed by atoms with Crippen LogP contribution >= 0.6 is 23.1 Å². The number of aryl methyl sites for hydroxylation is 2. The van der Waals surface area contributed by atoms with Crippen molar-refractivity contribution in [3.8, 4) is 0 Å². The van der Waals surface area contributed by atoms with Crippen molar-refractivity contribution >= 4 is 35.0 Å². The zero-order valence-corrected chi connectivity index (χ0v) is 17.0. The van der Waals surface area contributed by atoms with Crippen molar-refractivity contribution < 1.29 is 14.7 Å². The van der Waals surface area contributed by atoms with Crippen molar-refractivity contribution in [2.45, 2.75) is 43.1 Å². The Kier molecular flexibility index (Phi) is 6.18. The van der Waals surface area contributed by atoms with Gasteiger partial charge in [-0.25, -0.2) is 9.78 Å². The topological polar surface area (TPSA) is 96.5 Å². The fourth-order valence-electron chi connectivity index (χ4n) is 3.62. The maximum absolute atomic E-state index is 12.4. The molecule has 8 heteroatoms. The van der Waals surface area contributed by atoms with Gasteiger partial charge in [-0.15, -0.1) is 11.3 Å². The number of nitrogens with two attached hydrogens (primary N) is 1. The highest BCUT2D eigenvalue weighted by molar-refractivity contribution is 8.01. The quantitative estimate of drug-likeness (QED) is 0.687. The normalized spacial score (nSPS) is 18.1. The third-order valence-electron chi connectivity index (χ3n) is 4.92. The maximum Gasteiger partial charge on any atom is 0.355 e. The molecule has 1 aromatic heterocycles. The summed E-state index contributed by atoms with van der Waals surface area (Å²) in [4.78, 5) is 29.3. The van der Waals surface area contributed by atoms with Crippen molar-refractivity contribution in [3.05, 3.63) is 46.0 Å². The Labute approximate surface area is 166 Å². The Morgan fingerprint density at radius 2 is 2.15 bits per heavy atom. The second-order valence-corrected chi connectivity index (χ2v) is 8.88. The molecule has 0 radical (unpaired) electrons. The van der Waals surface area contributed by atoms with Crippen LogP contribution in [0.1, 0.15) is 46.1 Å². The van der Waals surface area contributed by atoms with Gasteiger partial charge in [-0.2, -0.15) is 0 Å². The molecular formula is C19H23N3O3S2. The number of hydrogen-bond acceptors (Lipinski definition) is 6. The van der Waals surface area contributed by atoms with Crippen molar-refractivity contribution in [2.75, 3.05) is 12.3 Å². The Balaban J connectivity index is 1.66. The summed E-state index contributed by atoms with van der Waals surface area (Å²) in [7, 11) is 0. The molecule has 2 aromatic rings. The summed E-state index contributed by atoms with van der Waals surface area (Å²) >= 11 is 2.78. The minimum absolute atomic E-state index is 0.0104. The number of thiazole rings is 1. The number of aromatic nitrogens is 1. The predicted octanol–water partition coefficient (Wildman–Crippen LogP) is 3.24. The lowest BCUT2D eigenvalue weighted by Crippen LogP contribution is -2.42. The SMILES string of the molecule is Cc1cccc(C)c1C(N)[C@H]1CCC(=O)N1CCSc1nc(C(=O)O)cs1. The summed E-state index contributed by atoms with van der Waals surface area (Å²) in [6.45, 7) is 4.69. The van der Waals surface area contributed by atoms with Gasteiger partial charge in [-0.1, -0.05) is 30.0 Å². The number of carboxylic acid groups (broad SMARTS) is 1. The van der Waals surface area contributed by atoms with Gasteiger partial charge in [0.1, 0.15) is 0 Å².